The fraction of sp³-hybridized carbons (Fsp3) is 0.292. The normalized spacial score (nSPS) is 12.5. The van der Waals surface area contributed by atoms with Crippen LogP contribution in [0.15, 0.2) is 65.1 Å². The Morgan fingerprint density at radius 1 is 1.10 bits per heavy atom. The number of fused-ring (bicyclic) bond motifs is 1. The van der Waals surface area contributed by atoms with Crippen molar-refractivity contribution in [3.05, 3.63) is 76.3 Å². The monoisotopic (exact) mass is 502 g/mol. The summed E-state index contributed by atoms with van der Waals surface area (Å²) in [6, 6.07) is 19.7. The van der Waals surface area contributed by atoms with Gasteiger partial charge in [0.05, 0.1) is 11.9 Å². The molecule has 1 atom stereocenters. The van der Waals surface area contributed by atoms with E-state index < -0.39 is 10.0 Å². The lowest BCUT2D eigenvalue weighted by Crippen LogP contribution is -2.41. The van der Waals surface area contributed by atoms with E-state index in [0.717, 1.165) is 27.0 Å². The van der Waals surface area contributed by atoms with Crippen molar-refractivity contribution in [2.75, 3.05) is 23.7 Å². The Hall–Kier alpha value is -2.38. The molecule has 0 saturated carbocycles. The lowest BCUT2D eigenvalue weighted by molar-refractivity contribution is -0.119. The van der Waals surface area contributed by atoms with Crippen LogP contribution in [0.5, 0.6) is 0 Å². The van der Waals surface area contributed by atoms with Crippen molar-refractivity contribution in [2.45, 2.75) is 20.3 Å². The summed E-state index contributed by atoms with van der Waals surface area (Å²) in [5.74, 6) is -0.118. The zero-order valence-corrected chi connectivity index (χ0v) is 20.3. The fourth-order valence-corrected chi connectivity index (χ4v) is 4.67. The average Bonchev–Trinajstić information content (AvgIpc) is 2.72. The Morgan fingerprint density at radius 3 is 2.52 bits per heavy atom. The van der Waals surface area contributed by atoms with Crippen LogP contribution in [0.1, 0.15) is 18.1 Å². The second-order valence-corrected chi connectivity index (χ2v) is 10.7. The van der Waals surface area contributed by atoms with Crippen LogP contribution in [0.3, 0.4) is 0 Å². The summed E-state index contributed by atoms with van der Waals surface area (Å²) in [5.41, 5.74) is 2.61. The quantitative estimate of drug-likeness (QED) is 0.486. The van der Waals surface area contributed by atoms with Crippen LogP contribution in [-0.2, 0) is 21.2 Å². The van der Waals surface area contributed by atoms with Crippen molar-refractivity contribution in [1.82, 2.24) is 5.32 Å². The number of hydrogen-bond donors (Lipinski definition) is 1. The molecule has 5 nitrogen and oxygen atoms in total. The second kappa shape index (κ2) is 9.83. The highest BCUT2D eigenvalue weighted by molar-refractivity contribution is 9.10. The van der Waals surface area contributed by atoms with E-state index in [4.69, 9.17) is 0 Å². The number of carbonyl (C=O) groups is 1. The van der Waals surface area contributed by atoms with Gasteiger partial charge < -0.3 is 5.32 Å². The summed E-state index contributed by atoms with van der Waals surface area (Å²) < 4.78 is 26.6. The molecule has 1 N–H and O–H groups in total. The molecule has 0 saturated heterocycles. The number of anilines is 1. The third kappa shape index (κ3) is 6.08. The van der Waals surface area contributed by atoms with Crippen molar-refractivity contribution < 1.29 is 13.2 Å². The minimum absolute atomic E-state index is 0.205. The Morgan fingerprint density at radius 2 is 1.81 bits per heavy atom. The maximum atomic E-state index is 12.6. The molecule has 0 spiro atoms. The summed E-state index contributed by atoms with van der Waals surface area (Å²) >= 11 is 3.42. The molecule has 0 radical (unpaired) electrons. The number of nitrogens with one attached hydrogen (secondary N) is 1. The predicted octanol–water partition coefficient (Wildman–Crippen LogP) is 4.67. The zero-order chi connectivity index (χ0) is 22.6. The summed E-state index contributed by atoms with van der Waals surface area (Å²) in [4.78, 5) is 12.6. The lowest BCUT2D eigenvalue weighted by Gasteiger charge is -2.23. The van der Waals surface area contributed by atoms with E-state index in [2.05, 4.69) is 52.4 Å². The van der Waals surface area contributed by atoms with E-state index in [9.17, 15) is 13.2 Å². The van der Waals surface area contributed by atoms with E-state index in [1.807, 2.05) is 25.1 Å². The molecule has 0 heterocycles. The van der Waals surface area contributed by atoms with Crippen molar-refractivity contribution in [1.29, 1.82) is 0 Å². The Kier molecular flexibility index (Phi) is 7.38. The molecule has 0 fully saturated rings. The van der Waals surface area contributed by atoms with Gasteiger partial charge in [0.25, 0.3) is 0 Å². The highest BCUT2D eigenvalue weighted by atomic mass is 79.9. The SMILES string of the molecule is Cc1cc(N(CC(=O)NCC(C)Cc2cccc3ccccc23)S(C)(=O)=O)ccc1Br. The van der Waals surface area contributed by atoms with Gasteiger partial charge in [-0.1, -0.05) is 65.3 Å². The van der Waals surface area contributed by atoms with E-state index >= 15 is 0 Å². The lowest BCUT2D eigenvalue weighted by atomic mass is 9.96. The van der Waals surface area contributed by atoms with Gasteiger partial charge in [0.2, 0.25) is 15.9 Å². The molecule has 7 heteroatoms. The minimum atomic E-state index is -3.60. The topological polar surface area (TPSA) is 66.5 Å². The summed E-state index contributed by atoms with van der Waals surface area (Å²) in [6.07, 6.45) is 1.93. The van der Waals surface area contributed by atoms with E-state index in [1.54, 1.807) is 18.2 Å². The molecule has 0 aliphatic carbocycles. The first-order valence-corrected chi connectivity index (χ1v) is 12.8. The number of sulfonamides is 1. The smallest absolute Gasteiger partial charge is 0.240 e. The van der Waals surface area contributed by atoms with Crippen molar-refractivity contribution in [3.8, 4) is 0 Å². The van der Waals surface area contributed by atoms with Gasteiger partial charge in [-0.3, -0.25) is 9.10 Å². The molecular weight excluding hydrogens is 476 g/mol. The molecule has 3 aromatic rings. The van der Waals surface area contributed by atoms with Crippen molar-refractivity contribution in [3.63, 3.8) is 0 Å². The van der Waals surface area contributed by atoms with Crippen LogP contribution in [0.2, 0.25) is 0 Å². The number of benzene rings is 3. The largest absolute Gasteiger partial charge is 0.354 e. The van der Waals surface area contributed by atoms with Gasteiger partial charge in [-0.2, -0.15) is 0 Å². The van der Waals surface area contributed by atoms with E-state index in [-0.39, 0.29) is 18.4 Å². The molecule has 31 heavy (non-hydrogen) atoms. The van der Waals surface area contributed by atoms with Gasteiger partial charge >= 0.3 is 0 Å². The number of nitrogens with zero attached hydrogens (tertiary/aromatic N) is 1. The first-order valence-electron chi connectivity index (χ1n) is 10.1. The predicted molar refractivity (Wildman–Crippen MR) is 131 cm³/mol. The second-order valence-electron chi connectivity index (χ2n) is 7.95. The zero-order valence-electron chi connectivity index (χ0n) is 17.9. The van der Waals surface area contributed by atoms with Crippen molar-refractivity contribution >= 4 is 48.3 Å². The van der Waals surface area contributed by atoms with E-state index in [1.165, 1.54) is 16.3 Å². The third-order valence-corrected chi connectivity index (χ3v) is 7.24. The maximum absolute atomic E-state index is 12.6. The number of halogens is 1. The summed E-state index contributed by atoms with van der Waals surface area (Å²) in [7, 11) is -3.60. The van der Waals surface area contributed by atoms with Crippen LogP contribution in [0.25, 0.3) is 10.8 Å². The molecular formula is C24H27BrN2O3S. The molecule has 0 aliphatic rings. The Bertz CT molecular complexity index is 1190. The molecule has 0 aliphatic heterocycles. The first-order chi connectivity index (χ1) is 14.6. The van der Waals surface area contributed by atoms with Crippen LogP contribution in [0, 0.1) is 12.8 Å². The molecule has 0 bridgehead atoms. The average molecular weight is 503 g/mol. The Labute approximate surface area is 192 Å². The van der Waals surface area contributed by atoms with Gasteiger partial charge in [-0.25, -0.2) is 8.42 Å². The summed E-state index contributed by atoms with van der Waals surface area (Å²) in [5, 5.41) is 5.31. The number of aryl methyl sites for hydroxylation is 1. The van der Waals surface area contributed by atoms with Gasteiger partial charge in [0.15, 0.2) is 0 Å². The van der Waals surface area contributed by atoms with Crippen LogP contribution < -0.4 is 9.62 Å². The molecule has 1 unspecified atom stereocenters. The van der Waals surface area contributed by atoms with Gasteiger partial charge in [-0.15, -0.1) is 0 Å². The van der Waals surface area contributed by atoms with Crippen LogP contribution in [-0.4, -0.2) is 33.7 Å². The highest BCUT2D eigenvalue weighted by Gasteiger charge is 2.21. The van der Waals surface area contributed by atoms with Crippen LogP contribution >= 0.6 is 15.9 Å². The highest BCUT2D eigenvalue weighted by Crippen LogP contribution is 2.25. The van der Waals surface area contributed by atoms with Gasteiger partial charge in [0, 0.05) is 11.0 Å². The third-order valence-electron chi connectivity index (χ3n) is 5.21. The fourth-order valence-electron chi connectivity index (χ4n) is 3.58. The Balaban J connectivity index is 1.64. The minimum Gasteiger partial charge on any atom is -0.354 e. The number of carbonyl (C=O) groups excluding carboxylic acids is 1. The number of rotatable bonds is 8. The summed E-state index contributed by atoms with van der Waals surface area (Å²) in [6.45, 7) is 4.18. The van der Waals surface area contributed by atoms with Crippen molar-refractivity contribution in [2.24, 2.45) is 5.92 Å². The van der Waals surface area contributed by atoms with Gasteiger partial charge in [0.1, 0.15) is 6.54 Å². The first kappa shape index (κ1) is 23.3. The molecule has 0 aromatic heterocycles. The van der Waals surface area contributed by atoms with E-state index in [0.29, 0.717) is 12.2 Å². The molecule has 1 amide bonds. The standard InChI is InChI=1S/C24H27BrN2O3S/c1-17(13-20-9-6-8-19-7-4-5-10-22(19)20)15-26-24(28)16-27(31(3,29)30)21-11-12-23(25)18(2)14-21/h4-12,14,17H,13,15-16H2,1-3H3,(H,26,28). The molecule has 3 aromatic carbocycles. The van der Waals surface area contributed by atoms with Crippen LogP contribution in [0.4, 0.5) is 5.69 Å². The molecule has 3 rings (SSSR count). The number of amides is 1. The maximum Gasteiger partial charge on any atom is 0.240 e. The van der Waals surface area contributed by atoms with Gasteiger partial charge in [-0.05, 0) is 59.4 Å². The molecule has 164 valence electrons. The number of hydrogen-bond acceptors (Lipinski definition) is 3.